The van der Waals surface area contributed by atoms with Crippen LogP contribution in [-0.2, 0) is 0 Å². The maximum atomic E-state index is 13.0. The highest BCUT2D eigenvalue weighted by Gasteiger charge is 2.17. The molecule has 0 aliphatic carbocycles. The van der Waals surface area contributed by atoms with Gasteiger partial charge in [0.25, 0.3) is 5.91 Å². The molecule has 1 heterocycles. The van der Waals surface area contributed by atoms with Crippen molar-refractivity contribution >= 4 is 17.5 Å². The third-order valence-electron chi connectivity index (χ3n) is 5.08. The van der Waals surface area contributed by atoms with Gasteiger partial charge in [0, 0.05) is 22.3 Å². The van der Waals surface area contributed by atoms with Crippen molar-refractivity contribution in [3.63, 3.8) is 0 Å². The Morgan fingerprint density at radius 2 is 1.93 bits per heavy atom. The van der Waals surface area contributed by atoms with E-state index in [0.29, 0.717) is 10.7 Å². The maximum Gasteiger partial charge on any atom is 0.270 e. The minimum atomic E-state index is -0.106. The number of hydrogen-bond donors (Lipinski definition) is 1. The number of ether oxygens (including phenoxy) is 1. The Labute approximate surface area is 183 Å². The average molecular weight is 426 g/mol. The summed E-state index contributed by atoms with van der Waals surface area (Å²) in [5, 5.41) is 3.80. The van der Waals surface area contributed by atoms with Crippen molar-refractivity contribution in [1.82, 2.24) is 14.9 Å². The van der Waals surface area contributed by atoms with E-state index in [1.54, 1.807) is 25.7 Å². The number of amides is 1. The molecule has 0 radical (unpaired) electrons. The smallest absolute Gasteiger partial charge is 0.270 e. The fourth-order valence-electron chi connectivity index (χ4n) is 3.64. The monoisotopic (exact) mass is 425 g/mol. The number of rotatable bonds is 9. The fraction of sp³-hybridized carbons (Fsp3) is 0.333. The van der Waals surface area contributed by atoms with Crippen molar-refractivity contribution in [3.05, 3.63) is 65.7 Å². The summed E-state index contributed by atoms with van der Waals surface area (Å²) >= 11 is 6.21. The molecule has 3 aromatic rings. The number of aromatic nitrogens is 2. The van der Waals surface area contributed by atoms with E-state index in [9.17, 15) is 4.79 Å². The van der Waals surface area contributed by atoms with Crippen LogP contribution in [0.3, 0.4) is 0 Å². The van der Waals surface area contributed by atoms with Gasteiger partial charge >= 0.3 is 0 Å². The van der Waals surface area contributed by atoms with Crippen LogP contribution in [0, 0.1) is 0 Å². The molecule has 1 aromatic heterocycles. The fourth-order valence-corrected chi connectivity index (χ4v) is 3.81. The number of benzene rings is 2. The molecule has 0 aliphatic heterocycles. The van der Waals surface area contributed by atoms with Crippen LogP contribution in [0.4, 0.5) is 0 Å². The predicted molar refractivity (Wildman–Crippen MR) is 122 cm³/mol. The molecule has 3 rings (SSSR count). The van der Waals surface area contributed by atoms with Crippen molar-refractivity contribution in [2.24, 2.45) is 0 Å². The van der Waals surface area contributed by atoms with Crippen molar-refractivity contribution in [3.8, 4) is 22.6 Å². The standard InChI is InChI=1S/C24H28ClN3O2/c1-4-7-19(8-5-2)27-24(29)22-15-26-16-28(22)20-10-6-9-17(13-20)21-14-18(25)11-12-23(21)30-3/h6,9-16,19H,4-5,7-8H2,1-3H3,(H,27,29). The van der Waals surface area contributed by atoms with Gasteiger partial charge in [-0.3, -0.25) is 9.36 Å². The third kappa shape index (κ3) is 5.03. The quantitative estimate of drug-likeness (QED) is 0.464. The van der Waals surface area contributed by atoms with Gasteiger partial charge in [-0.25, -0.2) is 4.98 Å². The zero-order chi connectivity index (χ0) is 21.5. The topological polar surface area (TPSA) is 56.2 Å². The maximum absolute atomic E-state index is 13.0. The van der Waals surface area contributed by atoms with E-state index in [0.717, 1.165) is 48.2 Å². The van der Waals surface area contributed by atoms with Crippen molar-refractivity contribution in [2.45, 2.75) is 45.6 Å². The predicted octanol–water partition coefficient (Wildman–Crippen LogP) is 5.90. The van der Waals surface area contributed by atoms with Crippen LogP contribution >= 0.6 is 11.6 Å². The number of nitrogens with one attached hydrogen (secondary N) is 1. The van der Waals surface area contributed by atoms with Gasteiger partial charge in [-0.1, -0.05) is 50.4 Å². The average Bonchev–Trinajstić information content (AvgIpc) is 3.24. The Bertz CT molecular complexity index is 994. The van der Waals surface area contributed by atoms with Gasteiger partial charge in [0.05, 0.1) is 19.6 Å². The first-order valence-corrected chi connectivity index (χ1v) is 10.7. The second-order valence-electron chi connectivity index (χ2n) is 7.29. The molecule has 30 heavy (non-hydrogen) atoms. The molecule has 5 nitrogen and oxygen atoms in total. The molecule has 158 valence electrons. The Morgan fingerprint density at radius 3 is 2.63 bits per heavy atom. The van der Waals surface area contributed by atoms with Gasteiger partial charge in [-0.05, 0) is 48.7 Å². The lowest BCUT2D eigenvalue weighted by molar-refractivity contribution is 0.0925. The highest BCUT2D eigenvalue weighted by molar-refractivity contribution is 6.31. The Balaban J connectivity index is 1.92. The molecule has 0 spiro atoms. The van der Waals surface area contributed by atoms with Gasteiger partial charge in [-0.2, -0.15) is 0 Å². The van der Waals surface area contributed by atoms with Gasteiger partial charge in [0.15, 0.2) is 0 Å². The minimum absolute atomic E-state index is 0.106. The van der Waals surface area contributed by atoms with E-state index in [1.807, 2.05) is 41.0 Å². The van der Waals surface area contributed by atoms with Crippen molar-refractivity contribution in [2.75, 3.05) is 7.11 Å². The largest absolute Gasteiger partial charge is 0.496 e. The van der Waals surface area contributed by atoms with E-state index >= 15 is 0 Å². The molecule has 0 saturated carbocycles. The molecule has 0 fully saturated rings. The zero-order valence-electron chi connectivity index (χ0n) is 17.7. The van der Waals surface area contributed by atoms with Crippen LogP contribution in [0.1, 0.15) is 50.0 Å². The summed E-state index contributed by atoms with van der Waals surface area (Å²) in [7, 11) is 1.64. The van der Waals surface area contributed by atoms with Crippen LogP contribution in [-0.4, -0.2) is 28.6 Å². The third-order valence-corrected chi connectivity index (χ3v) is 5.31. The van der Waals surface area contributed by atoms with Crippen LogP contribution in [0.25, 0.3) is 16.8 Å². The van der Waals surface area contributed by atoms with Gasteiger partial charge in [-0.15, -0.1) is 0 Å². The molecular formula is C24H28ClN3O2. The lowest BCUT2D eigenvalue weighted by atomic mass is 10.0. The summed E-state index contributed by atoms with van der Waals surface area (Å²) in [4.78, 5) is 17.2. The molecular weight excluding hydrogens is 398 g/mol. The van der Waals surface area contributed by atoms with Crippen molar-refractivity contribution in [1.29, 1.82) is 0 Å². The molecule has 0 saturated heterocycles. The number of hydrogen-bond acceptors (Lipinski definition) is 3. The number of carbonyl (C=O) groups excluding carboxylic acids is 1. The highest BCUT2D eigenvalue weighted by atomic mass is 35.5. The van der Waals surface area contributed by atoms with E-state index in [4.69, 9.17) is 16.3 Å². The van der Waals surface area contributed by atoms with E-state index in [2.05, 4.69) is 24.1 Å². The Hall–Kier alpha value is -2.79. The Morgan fingerprint density at radius 1 is 1.17 bits per heavy atom. The van der Waals surface area contributed by atoms with Crippen LogP contribution in [0.5, 0.6) is 5.75 Å². The second kappa shape index (κ2) is 10.3. The molecule has 0 aliphatic rings. The summed E-state index contributed by atoms with van der Waals surface area (Å²) in [6.07, 6.45) is 7.28. The van der Waals surface area contributed by atoms with Gasteiger partial charge in [0.1, 0.15) is 11.4 Å². The van der Waals surface area contributed by atoms with Gasteiger partial charge in [0.2, 0.25) is 0 Å². The normalized spacial score (nSPS) is 11.0. The molecule has 6 heteroatoms. The van der Waals surface area contributed by atoms with Gasteiger partial charge < -0.3 is 10.1 Å². The SMILES string of the molecule is CCCC(CCC)NC(=O)c1cncn1-c1cccc(-c2cc(Cl)ccc2OC)c1. The number of carbonyl (C=O) groups is 1. The molecule has 0 bridgehead atoms. The molecule has 1 amide bonds. The minimum Gasteiger partial charge on any atom is -0.496 e. The van der Waals surface area contributed by atoms with E-state index in [-0.39, 0.29) is 11.9 Å². The second-order valence-corrected chi connectivity index (χ2v) is 7.73. The first-order valence-electron chi connectivity index (χ1n) is 10.3. The number of halogens is 1. The van der Waals surface area contributed by atoms with Crippen LogP contribution < -0.4 is 10.1 Å². The summed E-state index contributed by atoms with van der Waals surface area (Å²) in [5.74, 6) is 0.632. The first-order chi connectivity index (χ1) is 14.6. The van der Waals surface area contributed by atoms with Crippen LogP contribution in [0.2, 0.25) is 5.02 Å². The summed E-state index contributed by atoms with van der Waals surface area (Å²) < 4.78 is 7.31. The number of imidazole rings is 1. The first kappa shape index (κ1) is 21.9. The summed E-state index contributed by atoms with van der Waals surface area (Å²) in [6, 6.07) is 13.6. The van der Waals surface area contributed by atoms with Crippen molar-refractivity contribution < 1.29 is 9.53 Å². The number of methoxy groups -OCH3 is 1. The lowest BCUT2D eigenvalue weighted by Gasteiger charge is -2.18. The summed E-state index contributed by atoms with van der Waals surface area (Å²) in [6.45, 7) is 4.27. The van der Waals surface area contributed by atoms with E-state index < -0.39 is 0 Å². The molecule has 0 atom stereocenters. The van der Waals surface area contributed by atoms with Crippen LogP contribution in [0.15, 0.2) is 55.0 Å². The lowest BCUT2D eigenvalue weighted by Crippen LogP contribution is -2.35. The number of nitrogens with zero attached hydrogens (tertiary/aromatic N) is 2. The zero-order valence-corrected chi connectivity index (χ0v) is 18.4. The highest BCUT2D eigenvalue weighted by Crippen LogP contribution is 2.33. The van der Waals surface area contributed by atoms with E-state index in [1.165, 1.54) is 0 Å². The molecule has 2 aromatic carbocycles. The molecule has 1 N–H and O–H groups in total. The summed E-state index contributed by atoms with van der Waals surface area (Å²) in [5.41, 5.74) is 3.20. The molecule has 0 unspecified atom stereocenters. The Kier molecular flexibility index (Phi) is 7.52.